The molecule has 13 nitrogen and oxygen atoms in total. The number of nitrogens with one attached hydrogen (secondary N) is 4. The molecule has 2 rings (SSSR count). The molecule has 0 aliphatic heterocycles. The van der Waals surface area contributed by atoms with Crippen LogP contribution in [0.4, 0.5) is 0 Å². The van der Waals surface area contributed by atoms with Gasteiger partial charge in [0.15, 0.2) is 0 Å². The third kappa shape index (κ3) is 9.04. The number of rotatable bonds is 16. The minimum Gasteiger partial charge on any atom is -0.480 e. The highest BCUT2D eigenvalue weighted by Crippen LogP contribution is 2.19. The van der Waals surface area contributed by atoms with Crippen LogP contribution in [0, 0.1) is 0 Å². The normalized spacial score (nSPS) is 14.2. The van der Waals surface area contributed by atoms with E-state index in [1.54, 1.807) is 6.20 Å². The summed E-state index contributed by atoms with van der Waals surface area (Å²) < 4.78 is 0. The summed E-state index contributed by atoms with van der Waals surface area (Å²) in [7, 11) is 0. The zero-order valence-corrected chi connectivity index (χ0v) is 21.7. The first-order valence-corrected chi connectivity index (χ1v) is 12.7. The van der Waals surface area contributed by atoms with Crippen LogP contribution < -0.4 is 33.2 Å². The maximum absolute atomic E-state index is 13.1. The Labute approximate surface area is 225 Å². The lowest BCUT2D eigenvalue weighted by Gasteiger charge is -2.24. The minimum atomic E-state index is -1.57. The second kappa shape index (κ2) is 15.0. The van der Waals surface area contributed by atoms with Crippen LogP contribution in [-0.2, 0) is 30.4 Å². The summed E-state index contributed by atoms with van der Waals surface area (Å²) in [4.78, 5) is 64.1. The average molecular weight is 550 g/mol. The van der Waals surface area contributed by atoms with Crippen molar-refractivity contribution >= 4 is 53.1 Å². The van der Waals surface area contributed by atoms with Crippen LogP contribution in [0.1, 0.15) is 31.2 Å². The molecule has 0 fully saturated rings. The number of para-hydroxylation sites is 1. The van der Waals surface area contributed by atoms with E-state index in [0.717, 1.165) is 16.5 Å². The number of aliphatic carboxylic acids is 1. The predicted molar refractivity (Wildman–Crippen MR) is 144 cm³/mol. The lowest BCUT2D eigenvalue weighted by Crippen LogP contribution is -2.58. The highest BCUT2D eigenvalue weighted by atomic mass is 32.1. The molecule has 0 aliphatic carbocycles. The van der Waals surface area contributed by atoms with Gasteiger partial charge < -0.3 is 43.2 Å². The van der Waals surface area contributed by atoms with Gasteiger partial charge in [0, 0.05) is 22.9 Å². The summed E-state index contributed by atoms with van der Waals surface area (Å²) in [5, 5.41) is 17.4. The van der Waals surface area contributed by atoms with Crippen molar-refractivity contribution in [1.82, 2.24) is 20.9 Å². The first-order chi connectivity index (χ1) is 18.1. The Kier molecular flexibility index (Phi) is 12.0. The summed E-state index contributed by atoms with van der Waals surface area (Å²) in [6.07, 6.45) is 2.73. The monoisotopic (exact) mass is 549 g/mol. The molecule has 2 aromatic rings. The van der Waals surface area contributed by atoms with Crippen LogP contribution in [0.25, 0.3) is 10.9 Å². The van der Waals surface area contributed by atoms with Crippen molar-refractivity contribution in [2.24, 2.45) is 17.2 Å². The SMILES string of the molecule is NCCCCC(NC(=O)C(N)Cc1c[nH]c2ccccc12)C(=O)NC(CS)C(=O)NC(CC(N)=O)C(=O)O. The molecule has 14 heteroatoms. The molecule has 38 heavy (non-hydrogen) atoms. The van der Waals surface area contributed by atoms with Gasteiger partial charge in [0.1, 0.15) is 18.1 Å². The number of H-pyrrole nitrogens is 1. The van der Waals surface area contributed by atoms with Crippen molar-refractivity contribution < 1.29 is 29.1 Å². The molecule has 1 aromatic carbocycles. The molecule has 0 radical (unpaired) electrons. The smallest absolute Gasteiger partial charge is 0.326 e. The first kappa shape index (κ1) is 30.6. The summed E-state index contributed by atoms with van der Waals surface area (Å²) >= 11 is 4.07. The summed E-state index contributed by atoms with van der Waals surface area (Å²) in [5.41, 5.74) is 18.5. The molecule has 4 amide bonds. The lowest BCUT2D eigenvalue weighted by molar-refractivity contribution is -0.143. The number of carbonyl (C=O) groups is 5. The fourth-order valence-electron chi connectivity index (χ4n) is 3.81. The van der Waals surface area contributed by atoms with Gasteiger partial charge in [-0.1, -0.05) is 18.2 Å². The summed E-state index contributed by atoms with van der Waals surface area (Å²) in [6.45, 7) is 0.389. The molecule has 0 bridgehead atoms. The number of carboxylic acid groups (broad SMARTS) is 1. The van der Waals surface area contributed by atoms with Gasteiger partial charge in [0.05, 0.1) is 12.5 Å². The number of amides is 4. The Morgan fingerprint density at radius 3 is 2.21 bits per heavy atom. The van der Waals surface area contributed by atoms with Crippen LogP contribution in [0.3, 0.4) is 0 Å². The third-order valence-electron chi connectivity index (χ3n) is 5.87. The number of fused-ring (bicyclic) bond motifs is 1. The number of carbonyl (C=O) groups excluding carboxylic acids is 4. The quantitative estimate of drug-likeness (QED) is 0.0881. The number of aromatic nitrogens is 1. The molecule has 11 N–H and O–H groups in total. The van der Waals surface area contributed by atoms with E-state index in [2.05, 4.69) is 33.6 Å². The number of hydrogen-bond acceptors (Lipinski definition) is 8. The Morgan fingerprint density at radius 1 is 0.947 bits per heavy atom. The number of primary amides is 1. The van der Waals surface area contributed by atoms with Crippen molar-refractivity contribution in [2.75, 3.05) is 12.3 Å². The Bertz CT molecular complexity index is 1140. The second-order valence-electron chi connectivity index (χ2n) is 8.83. The van der Waals surface area contributed by atoms with E-state index >= 15 is 0 Å². The van der Waals surface area contributed by atoms with E-state index in [9.17, 15) is 29.1 Å². The topological polar surface area (TPSA) is 236 Å². The van der Waals surface area contributed by atoms with E-state index in [1.807, 2.05) is 24.3 Å². The Balaban J connectivity index is 2.07. The maximum Gasteiger partial charge on any atom is 0.326 e. The number of hydrogen-bond donors (Lipinski definition) is 9. The third-order valence-corrected chi connectivity index (χ3v) is 6.23. The van der Waals surface area contributed by atoms with Gasteiger partial charge in [-0.05, 0) is 43.9 Å². The van der Waals surface area contributed by atoms with E-state index in [1.165, 1.54) is 0 Å². The minimum absolute atomic E-state index is 0.177. The second-order valence-corrected chi connectivity index (χ2v) is 9.19. The zero-order chi connectivity index (χ0) is 28.2. The first-order valence-electron chi connectivity index (χ1n) is 12.1. The molecule has 0 spiro atoms. The molecule has 0 saturated heterocycles. The highest BCUT2D eigenvalue weighted by molar-refractivity contribution is 7.80. The van der Waals surface area contributed by atoms with Gasteiger partial charge in [-0.25, -0.2) is 4.79 Å². The fraction of sp³-hybridized carbons (Fsp3) is 0.458. The van der Waals surface area contributed by atoms with E-state index in [-0.39, 0.29) is 18.6 Å². The number of nitrogens with two attached hydrogens (primary N) is 3. The van der Waals surface area contributed by atoms with Gasteiger partial charge >= 0.3 is 5.97 Å². The van der Waals surface area contributed by atoms with Crippen LogP contribution in [0.2, 0.25) is 0 Å². The summed E-state index contributed by atoms with van der Waals surface area (Å²) in [6, 6.07) is 2.79. The molecular weight excluding hydrogens is 514 g/mol. The highest BCUT2D eigenvalue weighted by Gasteiger charge is 2.30. The van der Waals surface area contributed by atoms with Crippen molar-refractivity contribution in [2.45, 2.75) is 56.3 Å². The Morgan fingerprint density at radius 2 is 1.58 bits per heavy atom. The lowest BCUT2D eigenvalue weighted by atomic mass is 10.0. The molecule has 1 aromatic heterocycles. The van der Waals surface area contributed by atoms with Gasteiger partial charge in [-0.3, -0.25) is 19.2 Å². The van der Waals surface area contributed by atoms with E-state index < -0.39 is 60.2 Å². The number of benzene rings is 1. The average Bonchev–Trinajstić information content (AvgIpc) is 3.28. The molecule has 4 atom stereocenters. The predicted octanol–water partition coefficient (Wildman–Crippen LogP) is -1.49. The van der Waals surface area contributed by atoms with E-state index in [4.69, 9.17) is 17.2 Å². The molecule has 208 valence electrons. The van der Waals surface area contributed by atoms with Crippen LogP contribution in [0.5, 0.6) is 0 Å². The number of aromatic amines is 1. The standard InChI is InChI=1S/C24H35N7O6S/c25-8-4-3-7-17(22(34)31-19(12-38)23(35)30-18(24(36)37)10-20(27)32)29-21(33)15(26)9-13-11-28-16-6-2-1-5-14(13)16/h1-2,5-6,11,15,17-19,28,38H,3-4,7-10,12,25-26H2,(H2,27,32)(H,29,33)(H,30,35)(H,31,34)(H,36,37). The zero-order valence-electron chi connectivity index (χ0n) is 20.8. The van der Waals surface area contributed by atoms with Crippen molar-refractivity contribution in [3.8, 4) is 0 Å². The largest absolute Gasteiger partial charge is 0.480 e. The maximum atomic E-state index is 13.1. The molecule has 0 aliphatic rings. The molecular formula is C24H35N7O6S. The van der Waals surface area contributed by atoms with Crippen molar-refractivity contribution in [3.63, 3.8) is 0 Å². The van der Waals surface area contributed by atoms with Crippen LogP contribution >= 0.6 is 12.6 Å². The number of unbranched alkanes of at least 4 members (excludes halogenated alkanes) is 1. The molecule has 1 heterocycles. The summed E-state index contributed by atoms with van der Waals surface area (Å²) in [5.74, 6) is -4.66. The molecule has 4 unspecified atom stereocenters. The van der Waals surface area contributed by atoms with Gasteiger partial charge in [0.25, 0.3) is 0 Å². The van der Waals surface area contributed by atoms with Gasteiger partial charge in [0.2, 0.25) is 23.6 Å². The van der Waals surface area contributed by atoms with Gasteiger partial charge in [-0.2, -0.15) is 12.6 Å². The van der Waals surface area contributed by atoms with E-state index in [0.29, 0.717) is 19.4 Å². The van der Waals surface area contributed by atoms with Crippen LogP contribution in [-0.4, -0.2) is 76.2 Å². The Hall–Kier alpha value is -3.62. The van der Waals surface area contributed by atoms with Crippen molar-refractivity contribution in [3.05, 3.63) is 36.0 Å². The number of thiol groups is 1. The fourth-order valence-corrected chi connectivity index (χ4v) is 4.07. The van der Waals surface area contributed by atoms with Crippen LogP contribution in [0.15, 0.2) is 30.5 Å². The van der Waals surface area contributed by atoms with Gasteiger partial charge in [-0.15, -0.1) is 0 Å². The number of carboxylic acids is 1. The van der Waals surface area contributed by atoms with Crippen molar-refractivity contribution in [1.29, 1.82) is 0 Å². The molecule has 0 saturated carbocycles.